The molecular weight excluding hydrogens is 372 g/mol. The molecule has 0 N–H and O–H groups in total. The minimum Gasteiger partial charge on any atom is -0.258 e. The molecule has 1 aliphatic heterocycles. The van der Waals surface area contributed by atoms with E-state index in [1.807, 2.05) is 24.3 Å². The summed E-state index contributed by atoms with van der Waals surface area (Å²) in [6.07, 6.45) is 0. The first kappa shape index (κ1) is 15.1. The van der Waals surface area contributed by atoms with Gasteiger partial charge in [-0.15, -0.1) is 0 Å². The molecule has 0 bridgehead atoms. The molecule has 6 nitrogen and oxygen atoms in total. The van der Waals surface area contributed by atoms with E-state index in [0.717, 1.165) is 10.0 Å². The van der Waals surface area contributed by atoms with E-state index in [4.69, 9.17) is 0 Å². The first-order chi connectivity index (χ1) is 10.4. The Morgan fingerprint density at radius 3 is 2.23 bits per heavy atom. The molecule has 1 aliphatic rings. The second-order valence-corrected chi connectivity index (χ2v) is 7.70. The van der Waals surface area contributed by atoms with Crippen molar-refractivity contribution >= 4 is 31.6 Å². The molecular formula is C14H11BrN2O4S. The summed E-state index contributed by atoms with van der Waals surface area (Å²) in [5.41, 5.74) is 0.794. The average molecular weight is 383 g/mol. The lowest BCUT2D eigenvalue weighted by Crippen LogP contribution is -2.12. The van der Waals surface area contributed by atoms with Crippen LogP contribution in [-0.4, -0.2) is 24.2 Å². The van der Waals surface area contributed by atoms with Crippen molar-refractivity contribution in [3.63, 3.8) is 0 Å². The molecule has 2 aromatic rings. The molecule has 3 rings (SSSR count). The van der Waals surface area contributed by atoms with Crippen LogP contribution in [0.1, 0.15) is 11.6 Å². The Morgan fingerprint density at radius 1 is 1.09 bits per heavy atom. The zero-order valence-electron chi connectivity index (χ0n) is 11.2. The van der Waals surface area contributed by atoms with Gasteiger partial charge in [-0.25, -0.2) is 8.42 Å². The Balaban J connectivity index is 1.82. The Kier molecular flexibility index (Phi) is 3.75. The van der Waals surface area contributed by atoms with E-state index >= 15 is 0 Å². The maximum absolute atomic E-state index is 12.5. The van der Waals surface area contributed by atoms with Crippen molar-refractivity contribution in [2.75, 3.05) is 6.54 Å². The highest BCUT2D eigenvalue weighted by molar-refractivity contribution is 9.10. The predicted octanol–water partition coefficient (Wildman–Crippen LogP) is 3.10. The van der Waals surface area contributed by atoms with Crippen molar-refractivity contribution in [1.29, 1.82) is 0 Å². The third-order valence-corrected chi connectivity index (χ3v) is 5.89. The van der Waals surface area contributed by atoms with E-state index in [-0.39, 0.29) is 16.6 Å². The number of non-ortho nitro benzene ring substituents is 1. The Morgan fingerprint density at radius 2 is 1.68 bits per heavy atom. The molecule has 1 heterocycles. The van der Waals surface area contributed by atoms with Crippen LogP contribution in [0.25, 0.3) is 0 Å². The minimum absolute atomic E-state index is 0.0673. The third kappa shape index (κ3) is 2.77. The van der Waals surface area contributed by atoms with E-state index < -0.39 is 14.9 Å². The fourth-order valence-corrected chi connectivity index (χ4v) is 4.03. The highest BCUT2D eigenvalue weighted by atomic mass is 79.9. The zero-order valence-corrected chi connectivity index (χ0v) is 13.6. The molecule has 0 aromatic heterocycles. The Hall–Kier alpha value is -1.77. The largest absolute Gasteiger partial charge is 0.269 e. The molecule has 0 saturated carbocycles. The van der Waals surface area contributed by atoms with Crippen LogP contribution < -0.4 is 0 Å². The van der Waals surface area contributed by atoms with Crippen molar-refractivity contribution < 1.29 is 13.3 Å². The van der Waals surface area contributed by atoms with Gasteiger partial charge in [-0.1, -0.05) is 28.1 Å². The second kappa shape index (κ2) is 5.45. The molecule has 0 radical (unpaired) electrons. The van der Waals surface area contributed by atoms with Gasteiger partial charge < -0.3 is 0 Å². The van der Waals surface area contributed by atoms with Gasteiger partial charge in [0, 0.05) is 23.2 Å². The van der Waals surface area contributed by atoms with Gasteiger partial charge in [0.15, 0.2) is 0 Å². The van der Waals surface area contributed by atoms with Gasteiger partial charge in [0.2, 0.25) is 10.0 Å². The van der Waals surface area contributed by atoms with Crippen LogP contribution in [0.2, 0.25) is 0 Å². The van der Waals surface area contributed by atoms with Crippen LogP contribution in [0.3, 0.4) is 0 Å². The fraction of sp³-hybridized carbons (Fsp3) is 0.143. The lowest BCUT2D eigenvalue weighted by molar-refractivity contribution is -0.384. The summed E-state index contributed by atoms with van der Waals surface area (Å²) in [5, 5.41) is 10.6. The van der Waals surface area contributed by atoms with Crippen LogP contribution in [0, 0.1) is 10.1 Å². The lowest BCUT2D eigenvalue weighted by Gasteiger charge is -2.06. The molecule has 1 saturated heterocycles. The van der Waals surface area contributed by atoms with Crippen LogP contribution in [0.5, 0.6) is 0 Å². The average Bonchev–Trinajstić information content (AvgIpc) is 3.29. The maximum atomic E-state index is 12.5. The number of sulfonamides is 1. The number of rotatable bonds is 4. The van der Waals surface area contributed by atoms with Gasteiger partial charge in [0.1, 0.15) is 0 Å². The molecule has 2 atom stereocenters. The van der Waals surface area contributed by atoms with Gasteiger partial charge in [0.25, 0.3) is 5.69 Å². The Bertz CT molecular complexity index is 819. The molecule has 0 aliphatic carbocycles. The zero-order chi connectivity index (χ0) is 15.9. The topological polar surface area (TPSA) is 80.3 Å². The molecule has 2 aromatic carbocycles. The summed E-state index contributed by atoms with van der Waals surface area (Å²) in [5.74, 6) is 0. The van der Waals surface area contributed by atoms with Crippen molar-refractivity contribution in [2.24, 2.45) is 0 Å². The van der Waals surface area contributed by atoms with Gasteiger partial charge in [-0.2, -0.15) is 4.31 Å². The molecule has 22 heavy (non-hydrogen) atoms. The van der Waals surface area contributed by atoms with Crippen LogP contribution in [0.4, 0.5) is 5.69 Å². The first-order valence-corrected chi connectivity index (χ1v) is 8.64. The minimum atomic E-state index is -3.62. The van der Waals surface area contributed by atoms with Crippen molar-refractivity contribution in [3.05, 3.63) is 68.7 Å². The van der Waals surface area contributed by atoms with Crippen molar-refractivity contribution in [2.45, 2.75) is 10.9 Å². The number of hydrogen-bond acceptors (Lipinski definition) is 4. The molecule has 8 heteroatoms. The standard InChI is InChI=1S/C14H11BrN2O4S/c15-11-3-1-10(2-4-11)14-9-16(14)22(20,21)13-7-5-12(6-8-13)17(18)19/h1-8,14H,9H2/t14-,16?/m1/s1. The van der Waals surface area contributed by atoms with E-state index in [2.05, 4.69) is 15.9 Å². The molecule has 0 amide bonds. The van der Waals surface area contributed by atoms with Crippen LogP contribution in [-0.2, 0) is 10.0 Å². The quantitative estimate of drug-likeness (QED) is 0.462. The van der Waals surface area contributed by atoms with Gasteiger partial charge in [0.05, 0.1) is 15.9 Å². The summed E-state index contributed by atoms with van der Waals surface area (Å²) in [6, 6.07) is 12.2. The molecule has 1 fully saturated rings. The predicted molar refractivity (Wildman–Crippen MR) is 83.9 cm³/mol. The first-order valence-electron chi connectivity index (χ1n) is 6.41. The Labute approximate surface area is 135 Å². The normalized spacial score (nSPS) is 20.6. The van der Waals surface area contributed by atoms with Crippen molar-refractivity contribution in [1.82, 2.24) is 4.31 Å². The number of nitro groups is 1. The van der Waals surface area contributed by atoms with E-state index in [0.29, 0.717) is 6.54 Å². The maximum Gasteiger partial charge on any atom is 0.269 e. The smallest absolute Gasteiger partial charge is 0.258 e. The van der Waals surface area contributed by atoms with Gasteiger partial charge in [-0.05, 0) is 29.8 Å². The highest BCUT2D eigenvalue weighted by Gasteiger charge is 2.45. The fourth-order valence-electron chi connectivity index (χ4n) is 2.22. The number of benzene rings is 2. The monoisotopic (exact) mass is 382 g/mol. The summed E-state index contributed by atoms with van der Waals surface area (Å²) >= 11 is 3.34. The number of halogens is 1. The van der Waals surface area contributed by atoms with E-state index in [1.165, 1.54) is 28.6 Å². The molecule has 114 valence electrons. The summed E-state index contributed by atoms with van der Waals surface area (Å²) in [6.45, 7) is 0.418. The van der Waals surface area contributed by atoms with Gasteiger partial charge in [-0.3, -0.25) is 10.1 Å². The molecule has 0 spiro atoms. The van der Waals surface area contributed by atoms with E-state index in [1.54, 1.807) is 0 Å². The molecule has 1 unspecified atom stereocenters. The van der Waals surface area contributed by atoms with Crippen LogP contribution >= 0.6 is 15.9 Å². The van der Waals surface area contributed by atoms with Crippen LogP contribution in [0.15, 0.2) is 57.9 Å². The van der Waals surface area contributed by atoms with Gasteiger partial charge >= 0.3 is 0 Å². The number of hydrogen-bond donors (Lipinski definition) is 0. The summed E-state index contributed by atoms with van der Waals surface area (Å²) in [4.78, 5) is 10.1. The third-order valence-electron chi connectivity index (χ3n) is 3.48. The number of nitrogens with zero attached hydrogens (tertiary/aromatic N) is 2. The van der Waals surface area contributed by atoms with Crippen molar-refractivity contribution in [3.8, 4) is 0 Å². The SMILES string of the molecule is O=[N+]([O-])c1ccc(S(=O)(=O)N2C[C@@H]2c2ccc(Br)cc2)cc1. The highest BCUT2D eigenvalue weighted by Crippen LogP contribution is 2.40. The summed E-state index contributed by atoms with van der Waals surface area (Å²) in [7, 11) is -3.62. The second-order valence-electron chi connectivity index (χ2n) is 4.89. The summed E-state index contributed by atoms with van der Waals surface area (Å²) < 4.78 is 27.3. The number of nitro benzene ring substituents is 1. The van der Waals surface area contributed by atoms with E-state index in [9.17, 15) is 18.5 Å². The lowest BCUT2D eigenvalue weighted by atomic mass is 10.2.